The molecule has 2 aromatic carbocycles. The molecule has 0 fully saturated rings. The molecule has 0 unspecified atom stereocenters. The highest BCUT2D eigenvalue weighted by Gasteiger charge is 2.10. The first-order valence-electron chi connectivity index (χ1n) is 8.34. The largest absolute Gasteiger partial charge is 0.494 e. The third-order valence-corrected chi connectivity index (χ3v) is 3.74. The molecule has 0 aliphatic heterocycles. The Kier molecular flexibility index (Phi) is 5.43. The standard InChI is InChI=1S/C20H20N4O2/c1-3-26-17-10-6-15(7-11-17)13-21-24-20(25)19-12-18(22-23-19)16-8-4-14(2)5-9-16/h4-13H,3H2,1-2H3,(H,22,23)(H,24,25)/b21-13-. The zero-order valence-electron chi connectivity index (χ0n) is 14.7. The number of amides is 1. The van der Waals surface area contributed by atoms with Crippen molar-refractivity contribution in [3.05, 3.63) is 71.4 Å². The molecule has 132 valence electrons. The van der Waals surface area contributed by atoms with Gasteiger partial charge in [0.15, 0.2) is 0 Å². The molecule has 6 heteroatoms. The minimum absolute atomic E-state index is 0.349. The average Bonchev–Trinajstić information content (AvgIpc) is 3.14. The van der Waals surface area contributed by atoms with E-state index < -0.39 is 0 Å². The number of benzene rings is 2. The Morgan fingerprint density at radius 1 is 1.19 bits per heavy atom. The van der Waals surface area contributed by atoms with Crippen LogP contribution in [0.4, 0.5) is 0 Å². The number of nitrogens with zero attached hydrogens (tertiary/aromatic N) is 2. The van der Waals surface area contributed by atoms with Crippen LogP contribution in [0.5, 0.6) is 5.75 Å². The second-order valence-electron chi connectivity index (χ2n) is 5.73. The molecule has 0 aliphatic carbocycles. The van der Waals surface area contributed by atoms with Crippen LogP contribution in [-0.4, -0.2) is 28.9 Å². The number of carbonyl (C=O) groups excluding carboxylic acids is 1. The summed E-state index contributed by atoms with van der Waals surface area (Å²) >= 11 is 0. The van der Waals surface area contributed by atoms with Crippen molar-refractivity contribution in [2.75, 3.05) is 6.61 Å². The molecule has 0 radical (unpaired) electrons. The van der Waals surface area contributed by atoms with Crippen LogP contribution in [0.25, 0.3) is 11.3 Å². The molecule has 1 amide bonds. The van der Waals surface area contributed by atoms with Gasteiger partial charge in [-0.25, -0.2) is 5.43 Å². The second kappa shape index (κ2) is 8.11. The van der Waals surface area contributed by atoms with Gasteiger partial charge in [0.25, 0.3) is 5.91 Å². The van der Waals surface area contributed by atoms with E-state index in [1.54, 1.807) is 12.3 Å². The number of hydrazone groups is 1. The fourth-order valence-corrected chi connectivity index (χ4v) is 2.35. The van der Waals surface area contributed by atoms with E-state index in [1.165, 1.54) is 5.56 Å². The number of hydrogen-bond donors (Lipinski definition) is 2. The second-order valence-corrected chi connectivity index (χ2v) is 5.73. The van der Waals surface area contributed by atoms with Crippen LogP contribution in [0, 0.1) is 6.92 Å². The quantitative estimate of drug-likeness (QED) is 0.528. The number of H-pyrrole nitrogens is 1. The third kappa shape index (κ3) is 4.36. The highest BCUT2D eigenvalue weighted by Crippen LogP contribution is 2.18. The Bertz CT molecular complexity index is 896. The smallest absolute Gasteiger partial charge is 0.289 e. The molecule has 26 heavy (non-hydrogen) atoms. The van der Waals surface area contributed by atoms with Gasteiger partial charge in [-0.1, -0.05) is 29.8 Å². The first-order valence-corrected chi connectivity index (χ1v) is 8.34. The fourth-order valence-electron chi connectivity index (χ4n) is 2.35. The molecular formula is C20H20N4O2. The molecule has 6 nitrogen and oxygen atoms in total. The Morgan fingerprint density at radius 2 is 1.92 bits per heavy atom. The molecular weight excluding hydrogens is 328 g/mol. The van der Waals surface area contributed by atoms with Crippen LogP contribution in [0.2, 0.25) is 0 Å². The molecule has 0 saturated carbocycles. The first-order chi connectivity index (χ1) is 12.7. The molecule has 0 aliphatic rings. The maximum atomic E-state index is 12.2. The van der Waals surface area contributed by atoms with Gasteiger partial charge in [-0.15, -0.1) is 0 Å². The molecule has 1 heterocycles. The van der Waals surface area contributed by atoms with Crippen molar-refractivity contribution in [1.29, 1.82) is 0 Å². The predicted molar refractivity (Wildman–Crippen MR) is 101 cm³/mol. The SMILES string of the molecule is CCOc1ccc(/C=N\NC(=O)c2cc(-c3ccc(C)cc3)n[nH]2)cc1. The summed E-state index contributed by atoms with van der Waals surface area (Å²) < 4.78 is 5.38. The van der Waals surface area contributed by atoms with E-state index in [9.17, 15) is 4.79 Å². The molecule has 2 N–H and O–H groups in total. The van der Waals surface area contributed by atoms with Gasteiger partial charge in [0, 0.05) is 5.56 Å². The summed E-state index contributed by atoms with van der Waals surface area (Å²) in [5.74, 6) is 0.452. The van der Waals surface area contributed by atoms with Crippen molar-refractivity contribution in [3.8, 4) is 17.0 Å². The number of nitrogens with one attached hydrogen (secondary N) is 2. The lowest BCUT2D eigenvalue weighted by atomic mass is 10.1. The van der Waals surface area contributed by atoms with Crippen LogP contribution in [0.1, 0.15) is 28.5 Å². The lowest BCUT2D eigenvalue weighted by Gasteiger charge is -2.02. The number of ether oxygens (including phenoxy) is 1. The monoisotopic (exact) mass is 348 g/mol. The Hall–Kier alpha value is -3.41. The van der Waals surface area contributed by atoms with Gasteiger partial charge in [0.05, 0.1) is 18.5 Å². The summed E-state index contributed by atoms with van der Waals surface area (Å²) in [4.78, 5) is 12.2. The summed E-state index contributed by atoms with van der Waals surface area (Å²) in [6.45, 7) is 4.58. The van der Waals surface area contributed by atoms with Gasteiger partial charge in [0.2, 0.25) is 0 Å². The van der Waals surface area contributed by atoms with E-state index in [-0.39, 0.29) is 5.91 Å². The van der Waals surface area contributed by atoms with Gasteiger partial charge in [-0.05, 0) is 49.7 Å². The normalized spacial score (nSPS) is 10.8. The maximum Gasteiger partial charge on any atom is 0.289 e. The predicted octanol–water partition coefficient (Wildman–Crippen LogP) is 3.55. The van der Waals surface area contributed by atoms with Crippen LogP contribution >= 0.6 is 0 Å². The molecule has 0 spiro atoms. The Morgan fingerprint density at radius 3 is 2.62 bits per heavy atom. The summed E-state index contributed by atoms with van der Waals surface area (Å²) in [5.41, 5.74) is 6.53. The van der Waals surface area contributed by atoms with Crippen LogP contribution in [-0.2, 0) is 0 Å². The fraction of sp³-hybridized carbons (Fsp3) is 0.150. The first kappa shape index (κ1) is 17.4. The van der Waals surface area contributed by atoms with Gasteiger partial charge in [0.1, 0.15) is 11.4 Å². The van der Waals surface area contributed by atoms with E-state index in [1.807, 2.05) is 62.4 Å². The van der Waals surface area contributed by atoms with Crippen LogP contribution < -0.4 is 10.2 Å². The van der Waals surface area contributed by atoms with Crippen LogP contribution in [0.15, 0.2) is 59.7 Å². The third-order valence-electron chi connectivity index (χ3n) is 3.74. The number of rotatable bonds is 6. The number of aromatic nitrogens is 2. The summed E-state index contributed by atoms with van der Waals surface area (Å²) in [7, 11) is 0. The minimum atomic E-state index is -0.349. The van der Waals surface area contributed by atoms with Crippen molar-refractivity contribution in [3.63, 3.8) is 0 Å². The van der Waals surface area contributed by atoms with Crippen molar-refractivity contribution < 1.29 is 9.53 Å². The topological polar surface area (TPSA) is 79.4 Å². The number of hydrogen-bond acceptors (Lipinski definition) is 4. The van der Waals surface area contributed by atoms with E-state index >= 15 is 0 Å². The Balaban J connectivity index is 1.60. The highest BCUT2D eigenvalue weighted by atomic mass is 16.5. The molecule has 0 saturated heterocycles. The van der Waals surface area contributed by atoms with Crippen molar-refractivity contribution in [1.82, 2.24) is 15.6 Å². The van der Waals surface area contributed by atoms with E-state index in [2.05, 4.69) is 20.7 Å². The van der Waals surface area contributed by atoms with E-state index in [4.69, 9.17) is 4.74 Å². The van der Waals surface area contributed by atoms with Gasteiger partial charge in [-0.2, -0.15) is 10.2 Å². The van der Waals surface area contributed by atoms with E-state index in [0.717, 1.165) is 16.9 Å². The molecule has 0 atom stereocenters. The number of carbonyl (C=O) groups is 1. The lowest BCUT2D eigenvalue weighted by Crippen LogP contribution is -2.17. The van der Waals surface area contributed by atoms with Crippen molar-refractivity contribution in [2.45, 2.75) is 13.8 Å². The molecule has 3 aromatic rings. The van der Waals surface area contributed by atoms with Crippen LogP contribution in [0.3, 0.4) is 0 Å². The minimum Gasteiger partial charge on any atom is -0.494 e. The summed E-state index contributed by atoms with van der Waals surface area (Å²) in [5, 5.41) is 10.9. The van der Waals surface area contributed by atoms with Crippen molar-refractivity contribution in [2.24, 2.45) is 5.10 Å². The highest BCUT2D eigenvalue weighted by molar-refractivity contribution is 5.94. The lowest BCUT2D eigenvalue weighted by molar-refractivity contribution is 0.0950. The Labute approximate surface area is 151 Å². The van der Waals surface area contributed by atoms with Crippen molar-refractivity contribution >= 4 is 12.1 Å². The van der Waals surface area contributed by atoms with Gasteiger partial charge in [-0.3, -0.25) is 9.89 Å². The molecule has 3 rings (SSSR count). The molecule has 0 bridgehead atoms. The zero-order chi connectivity index (χ0) is 18.4. The zero-order valence-corrected chi connectivity index (χ0v) is 14.7. The van der Waals surface area contributed by atoms with Gasteiger partial charge >= 0.3 is 0 Å². The summed E-state index contributed by atoms with van der Waals surface area (Å²) in [6.07, 6.45) is 1.57. The van der Waals surface area contributed by atoms with Gasteiger partial charge < -0.3 is 4.74 Å². The maximum absolute atomic E-state index is 12.2. The average molecular weight is 348 g/mol. The number of aryl methyl sites for hydroxylation is 1. The molecule has 1 aromatic heterocycles. The summed E-state index contributed by atoms with van der Waals surface area (Å²) in [6, 6.07) is 17.1. The number of aromatic amines is 1. The van der Waals surface area contributed by atoms with E-state index in [0.29, 0.717) is 18.0 Å².